The van der Waals surface area contributed by atoms with E-state index in [9.17, 15) is 5.11 Å². The summed E-state index contributed by atoms with van der Waals surface area (Å²) in [5.74, 6) is 0. The zero-order chi connectivity index (χ0) is 11.8. The van der Waals surface area contributed by atoms with Crippen molar-refractivity contribution >= 4 is 17.2 Å². The number of hydrogen-bond acceptors (Lipinski definition) is 3. The smallest absolute Gasteiger partial charge is 0.137 e. The lowest BCUT2D eigenvalue weighted by atomic mass is 10.3. The fraction of sp³-hybridized carbons (Fsp3) is 0.417. The first kappa shape index (κ1) is 11.0. The molecular weight excluding hydrogens is 238 g/mol. The summed E-state index contributed by atoms with van der Waals surface area (Å²) in [6.45, 7) is 2.47. The van der Waals surface area contributed by atoms with Crippen LogP contribution < -0.4 is 0 Å². The van der Waals surface area contributed by atoms with Gasteiger partial charge in [0.15, 0.2) is 0 Å². The Morgan fingerprint density at radius 1 is 1.41 bits per heavy atom. The molecule has 1 saturated heterocycles. The van der Waals surface area contributed by atoms with Crippen LogP contribution in [0, 0.1) is 0 Å². The van der Waals surface area contributed by atoms with Crippen LogP contribution in [0.25, 0.3) is 5.65 Å². The van der Waals surface area contributed by atoms with Crippen molar-refractivity contribution in [1.29, 1.82) is 0 Å². The molecule has 0 aliphatic carbocycles. The second-order valence-corrected chi connectivity index (χ2v) is 4.96. The Morgan fingerprint density at radius 3 is 3.06 bits per heavy atom. The van der Waals surface area contributed by atoms with Gasteiger partial charge in [-0.15, -0.1) is 0 Å². The molecular formula is C12H14ClN3O. The van der Waals surface area contributed by atoms with E-state index in [4.69, 9.17) is 11.6 Å². The molecule has 0 amide bonds. The maximum atomic E-state index is 9.47. The van der Waals surface area contributed by atoms with E-state index >= 15 is 0 Å². The van der Waals surface area contributed by atoms with Crippen molar-refractivity contribution in [3.05, 3.63) is 35.2 Å². The van der Waals surface area contributed by atoms with E-state index in [-0.39, 0.29) is 6.10 Å². The van der Waals surface area contributed by atoms with Crippen molar-refractivity contribution < 1.29 is 5.11 Å². The van der Waals surface area contributed by atoms with Crippen LogP contribution in [0.15, 0.2) is 24.5 Å². The van der Waals surface area contributed by atoms with Gasteiger partial charge in [0.05, 0.1) is 16.8 Å². The van der Waals surface area contributed by atoms with Gasteiger partial charge in [-0.25, -0.2) is 4.98 Å². The molecule has 2 aromatic heterocycles. The van der Waals surface area contributed by atoms with Crippen LogP contribution in [-0.4, -0.2) is 38.6 Å². The molecule has 1 fully saturated rings. The summed E-state index contributed by atoms with van der Waals surface area (Å²) in [7, 11) is 0. The maximum absolute atomic E-state index is 9.47. The topological polar surface area (TPSA) is 40.8 Å². The molecule has 1 N–H and O–H groups in total. The molecule has 1 aliphatic heterocycles. The number of halogens is 1. The third-order valence-electron chi connectivity index (χ3n) is 3.10. The number of aromatic nitrogens is 2. The molecule has 17 heavy (non-hydrogen) atoms. The fourth-order valence-corrected chi connectivity index (χ4v) is 2.45. The quantitative estimate of drug-likeness (QED) is 0.881. The number of aliphatic hydroxyl groups excluding tert-OH is 1. The molecule has 0 unspecified atom stereocenters. The monoisotopic (exact) mass is 251 g/mol. The highest BCUT2D eigenvalue weighted by Crippen LogP contribution is 2.15. The Morgan fingerprint density at radius 2 is 2.29 bits per heavy atom. The molecule has 0 radical (unpaired) electrons. The Bertz CT molecular complexity index is 540. The van der Waals surface area contributed by atoms with Crippen molar-refractivity contribution in [2.45, 2.75) is 19.1 Å². The van der Waals surface area contributed by atoms with E-state index < -0.39 is 0 Å². The normalized spacial score (nSPS) is 21.4. The van der Waals surface area contributed by atoms with Gasteiger partial charge in [0.1, 0.15) is 5.65 Å². The Hall–Kier alpha value is -1.10. The van der Waals surface area contributed by atoms with Crippen LogP contribution in [0.4, 0.5) is 0 Å². The maximum Gasteiger partial charge on any atom is 0.137 e. The fourth-order valence-electron chi connectivity index (χ4n) is 2.28. The molecule has 0 bridgehead atoms. The van der Waals surface area contributed by atoms with E-state index in [1.807, 2.05) is 28.9 Å². The number of likely N-dealkylation sites (tertiary alicyclic amines) is 1. The summed E-state index contributed by atoms with van der Waals surface area (Å²) >= 11 is 5.93. The molecule has 1 atom stereocenters. The highest BCUT2D eigenvalue weighted by Gasteiger charge is 2.20. The van der Waals surface area contributed by atoms with Crippen molar-refractivity contribution in [2.24, 2.45) is 0 Å². The predicted molar refractivity (Wildman–Crippen MR) is 66.1 cm³/mol. The van der Waals surface area contributed by atoms with Gasteiger partial charge in [0, 0.05) is 32.0 Å². The van der Waals surface area contributed by atoms with Crippen LogP contribution in [-0.2, 0) is 6.54 Å². The van der Waals surface area contributed by atoms with E-state index in [1.165, 1.54) is 0 Å². The second kappa shape index (κ2) is 4.29. The summed E-state index contributed by atoms with van der Waals surface area (Å²) in [6, 6.07) is 3.75. The molecule has 0 spiro atoms. The third-order valence-corrected chi connectivity index (χ3v) is 3.32. The lowest BCUT2D eigenvalue weighted by molar-refractivity contribution is 0.174. The number of pyridine rings is 1. The molecule has 3 heterocycles. The molecule has 3 rings (SSSR count). The van der Waals surface area contributed by atoms with Gasteiger partial charge in [0.2, 0.25) is 0 Å². The number of rotatable bonds is 2. The van der Waals surface area contributed by atoms with Crippen LogP contribution in [0.5, 0.6) is 0 Å². The minimum absolute atomic E-state index is 0.179. The first-order valence-corrected chi connectivity index (χ1v) is 6.12. The van der Waals surface area contributed by atoms with Gasteiger partial charge in [0.25, 0.3) is 0 Å². The largest absolute Gasteiger partial charge is 0.392 e. The van der Waals surface area contributed by atoms with Crippen molar-refractivity contribution in [2.75, 3.05) is 13.1 Å². The highest BCUT2D eigenvalue weighted by atomic mass is 35.5. The summed E-state index contributed by atoms with van der Waals surface area (Å²) in [6.07, 6.45) is 4.53. The number of fused-ring (bicyclic) bond motifs is 1. The van der Waals surface area contributed by atoms with Gasteiger partial charge in [-0.05, 0) is 18.6 Å². The molecule has 2 aromatic rings. The van der Waals surface area contributed by atoms with E-state index in [1.54, 1.807) is 0 Å². The minimum Gasteiger partial charge on any atom is -0.392 e. The van der Waals surface area contributed by atoms with Crippen LogP contribution >= 0.6 is 11.6 Å². The van der Waals surface area contributed by atoms with E-state index in [0.29, 0.717) is 5.02 Å². The third kappa shape index (κ3) is 2.29. The standard InChI is InChI=1S/C12H14ClN3O/c13-9-1-2-12-14-10(7-16(12)5-9)6-15-4-3-11(17)8-15/h1-2,5,7,11,17H,3-4,6,8H2/t11-/m1/s1. The summed E-state index contributed by atoms with van der Waals surface area (Å²) in [5.41, 5.74) is 1.92. The Labute approximate surface area is 104 Å². The molecule has 4 nitrogen and oxygen atoms in total. The van der Waals surface area contributed by atoms with Gasteiger partial charge in [-0.1, -0.05) is 11.6 Å². The van der Waals surface area contributed by atoms with Crippen LogP contribution in [0.1, 0.15) is 12.1 Å². The predicted octanol–water partition coefficient (Wildman–Crippen LogP) is 1.55. The Balaban J connectivity index is 1.81. The number of aliphatic hydroxyl groups is 1. The number of imidazole rings is 1. The molecule has 0 saturated carbocycles. The van der Waals surface area contributed by atoms with Crippen molar-refractivity contribution in [3.63, 3.8) is 0 Å². The first-order valence-electron chi connectivity index (χ1n) is 5.74. The zero-order valence-electron chi connectivity index (χ0n) is 9.38. The zero-order valence-corrected chi connectivity index (χ0v) is 10.1. The molecule has 1 aliphatic rings. The lowest BCUT2D eigenvalue weighted by Crippen LogP contribution is -2.21. The summed E-state index contributed by atoms with van der Waals surface area (Å²) in [5, 5.41) is 10.2. The average Bonchev–Trinajstić information content (AvgIpc) is 2.84. The first-order chi connectivity index (χ1) is 8.20. The molecule has 5 heteroatoms. The minimum atomic E-state index is -0.179. The summed E-state index contributed by atoms with van der Waals surface area (Å²) < 4.78 is 1.93. The van der Waals surface area contributed by atoms with E-state index in [0.717, 1.165) is 37.4 Å². The Kier molecular flexibility index (Phi) is 2.78. The number of β-amino-alcohol motifs (C(OH)–C–C–N with tert-alkyl or cyclic N) is 1. The van der Waals surface area contributed by atoms with E-state index in [2.05, 4.69) is 9.88 Å². The highest BCUT2D eigenvalue weighted by molar-refractivity contribution is 6.30. The number of nitrogens with zero attached hydrogens (tertiary/aromatic N) is 3. The van der Waals surface area contributed by atoms with Crippen molar-refractivity contribution in [3.8, 4) is 0 Å². The van der Waals surface area contributed by atoms with Crippen molar-refractivity contribution in [1.82, 2.24) is 14.3 Å². The summed E-state index contributed by atoms with van der Waals surface area (Å²) in [4.78, 5) is 6.74. The molecule has 90 valence electrons. The van der Waals surface area contributed by atoms with Gasteiger partial charge < -0.3 is 9.51 Å². The van der Waals surface area contributed by atoms with Gasteiger partial charge >= 0.3 is 0 Å². The average molecular weight is 252 g/mol. The van der Waals surface area contributed by atoms with Crippen LogP contribution in [0.3, 0.4) is 0 Å². The SMILES string of the molecule is O[C@@H]1CCN(Cc2cn3cc(Cl)ccc3n2)C1. The molecule has 0 aromatic carbocycles. The van der Waals surface area contributed by atoms with Gasteiger partial charge in [-0.3, -0.25) is 4.90 Å². The lowest BCUT2D eigenvalue weighted by Gasteiger charge is -2.12. The number of hydrogen-bond donors (Lipinski definition) is 1. The van der Waals surface area contributed by atoms with Crippen LogP contribution in [0.2, 0.25) is 5.02 Å². The van der Waals surface area contributed by atoms with Gasteiger partial charge in [-0.2, -0.15) is 0 Å². The second-order valence-electron chi connectivity index (χ2n) is 4.52.